The molecule has 3 heterocycles. The van der Waals surface area contributed by atoms with Crippen molar-refractivity contribution in [1.29, 1.82) is 0 Å². The number of carbonyl (C=O) groups excluding carboxylic acids is 1. The van der Waals surface area contributed by atoms with Crippen LogP contribution >= 0.6 is 0 Å². The minimum absolute atomic E-state index is 0.0540. The van der Waals surface area contributed by atoms with Crippen LogP contribution in [-0.4, -0.2) is 74.0 Å². The summed E-state index contributed by atoms with van der Waals surface area (Å²) in [5.74, 6) is 0.695. The maximum Gasteiger partial charge on any atom is 0.241 e. The smallest absolute Gasteiger partial charge is 0.241 e. The number of rotatable bonds is 7. The predicted octanol–water partition coefficient (Wildman–Crippen LogP) is 3.19. The van der Waals surface area contributed by atoms with Crippen molar-refractivity contribution in [3.63, 3.8) is 0 Å². The molecule has 2 fully saturated rings. The van der Waals surface area contributed by atoms with Gasteiger partial charge in [-0.3, -0.25) is 14.7 Å². The van der Waals surface area contributed by atoms with Gasteiger partial charge in [-0.05, 0) is 60.9 Å². The molecule has 9 heteroatoms. The zero-order valence-electron chi connectivity index (χ0n) is 21.5. The summed E-state index contributed by atoms with van der Waals surface area (Å²) in [6.07, 6.45) is 7.50. The molecule has 1 aromatic heterocycles. The van der Waals surface area contributed by atoms with Crippen LogP contribution in [0.4, 0.5) is 0 Å². The first-order valence-electron chi connectivity index (χ1n) is 12.8. The lowest BCUT2D eigenvalue weighted by molar-refractivity contribution is -0.131. The first-order chi connectivity index (χ1) is 17.1. The number of ether oxygens (including phenoxy) is 1. The summed E-state index contributed by atoms with van der Waals surface area (Å²) in [4.78, 5) is 21.2. The number of pyridine rings is 1. The Bertz CT molecular complexity index is 1100. The highest BCUT2D eigenvalue weighted by atomic mass is 32.2. The Morgan fingerprint density at radius 2 is 1.58 bits per heavy atom. The third-order valence-corrected chi connectivity index (χ3v) is 8.62. The minimum atomic E-state index is -3.73. The van der Waals surface area contributed by atoms with Gasteiger partial charge < -0.3 is 9.64 Å². The van der Waals surface area contributed by atoms with E-state index in [-0.39, 0.29) is 28.9 Å². The Balaban J connectivity index is 1.20. The first kappa shape index (κ1) is 26.6. The number of nitrogens with zero attached hydrogens (tertiary/aromatic N) is 3. The van der Waals surface area contributed by atoms with Crippen molar-refractivity contribution in [3.05, 3.63) is 54.4 Å². The minimum Gasteiger partial charge on any atom is -0.490 e. The molecule has 1 aromatic carbocycles. The molecular weight excluding hydrogens is 476 g/mol. The van der Waals surface area contributed by atoms with E-state index in [0.29, 0.717) is 19.1 Å². The van der Waals surface area contributed by atoms with Gasteiger partial charge in [0.05, 0.1) is 11.4 Å². The van der Waals surface area contributed by atoms with Crippen molar-refractivity contribution >= 4 is 15.9 Å². The highest BCUT2D eigenvalue weighted by Gasteiger charge is 2.30. The molecule has 0 unspecified atom stereocenters. The Kier molecular flexibility index (Phi) is 8.32. The average Bonchev–Trinajstić information content (AvgIpc) is 2.88. The molecule has 2 aliphatic heterocycles. The van der Waals surface area contributed by atoms with E-state index < -0.39 is 10.0 Å². The van der Waals surface area contributed by atoms with Gasteiger partial charge in [0.1, 0.15) is 11.9 Å². The van der Waals surface area contributed by atoms with E-state index in [4.69, 9.17) is 4.74 Å². The monoisotopic (exact) mass is 514 g/mol. The number of sulfonamides is 1. The summed E-state index contributed by atoms with van der Waals surface area (Å²) in [7, 11) is -3.73. The number of piperidine rings is 2. The van der Waals surface area contributed by atoms with Crippen molar-refractivity contribution < 1.29 is 17.9 Å². The van der Waals surface area contributed by atoms with Gasteiger partial charge in [-0.1, -0.05) is 32.9 Å². The van der Waals surface area contributed by atoms with Gasteiger partial charge in [-0.2, -0.15) is 0 Å². The van der Waals surface area contributed by atoms with Crippen molar-refractivity contribution in [3.8, 4) is 5.75 Å². The van der Waals surface area contributed by atoms with E-state index in [1.165, 1.54) is 0 Å². The van der Waals surface area contributed by atoms with Crippen LogP contribution in [0.25, 0.3) is 0 Å². The molecule has 2 aromatic rings. The second kappa shape index (κ2) is 11.3. The SMILES string of the molecule is CC(C)(C)c1ccc(S(=O)(=O)NCC(=O)N2CCC(N3CCC(Oc4ccncc4)CC3)CC2)cc1. The fourth-order valence-corrected chi connectivity index (χ4v) is 5.91. The van der Waals surface area contributed by atoms with Crippen LogP contribution in [-0.2, 0) is 20.2 Å². The van der Waals surface area contributed by atoms with Gasteiger partial charge >= 0.3 is 0 Å². The van der Waals surface area contributed by atoms with Crippen LogP contribution in [0, 0.1) is 0 Å². The second-order valence-corrected chi connectivity index (χ2v) is 12.5. The van der Waals surface area contributed by atoms with Crippen LogP contribution < -0.4 is 9.46 Å². The maximum absolute atomic E-state index is 12.7. The Hall–Kier alpha value is -2.49. The highest BCUT2D eigenvalue weighted by molar-refractivity contribution is 7.89. The third-order valence-electron chi connectivity index (χ3n) is 7.21. The third kappa shape index (κ3) is 6.83. The summed E-state index contributed by atoms with van der Waals surface area (Å²) >= 11 is 0. The van der Waals surface area contributed by atoms with Crippen molar-refractivity contribution in [2.45, 2.75) is 68.9 Å². The molecule has 1 N–H and O–H groups in total. The first-order valence-corrected chi connectivity index (χ1v) is 14.3. The molecule has 2 aliphatic rings. The number of benzene rings is 1. The standard InChI is InChI=1S/C27H38N4O4S/c1-27(2,3)21-4-6-25(7-5-21)36(33,34)29-20-26(32)31-16-10-22(11-17-31)30-18-12-24(13-19-30)35-23-8-14-28-15-9-23/h4-9,14-15,22,24,29H,10-13,16-20H2,1-3H3. The quantitative estimate of drug-likeness (QED) is 0.610. The zero-order valence-corrected chi connectivity index (χ0v) is 22.3. The lowest BCUT2D eigenvalue weighted by Crippen LogP contribution is -2.51. The Labute approximate surface area is 215 Å². The van der Waals surface area contributed by atoms with Crippen LogP contribution in [0.3, 0.4) is 0 Å². The maximum atomic E-state index is 12.7. The number of aromatic nitrogens is 1. The van der Waals surface area contributed by atoms with Gasteiger partial charge in [-0.15, -0.1) is 0 Å². The fraction of sp³-hybridized carbons (Fsp3) is 0.556. The number of nitrogens with one attached hydrogen (secondary N) is 1. The largest absolute Gasteiger partial charge is 0.490 e. The van der Waals surface area contributed by atoms with Gasteiger partial charge in [0, 0.05) is 44.6 Å². The molecule has 196 valence electrons. The molecule has 0 bridgehead atoms. The fourth-order valence-electron chi connectivity index (χ4n) is 4.93. The van der Waals surface area contributed by atoms with E-state index >= 15 is 0 Å². The molecule has 0 atom stereocenters. The summed E-state index contributed by atoms with van der Waals surface area (Å²) in [5.41, 5.74) is 1.01. The van der Waals surface area contributed by atoms with Crippen LogP contribution in [0.2, 0.25) is 0 Å². The van der Waals surface area contributed by atoms with Gasteiger partial charge in [-0.25, -0.2) is 13.1 Å². The molecule has 8 nitrogen and oxygen atoms in total. The molecule has 2 saturated heterocycles. The van der Waals surface area contributed by atoms with Crippen LogP contribution in [0.15, 0.2) is 53.7 Å². The van der Waals surface area contributed by atoms with Crippen LogP contribution in [0.1, 0.15) is 52.0 Å². The second-order valence-electron chi connectivity index (χ2n) is 10.7. The number of carbonyl (C=O) groups is 1. The molecule has 36 heavy (non-hydrogen) atoms. The number of likely N-dealkylation sites (tertiary alicyclic amines) is 2. The topological polar surface area (TPSA) is 91.8 Å². The number of hydrogen-bond donors (Lipinski definition) is 1. The molecular formula is C27H38N4O4S. The van der Waals surface area contributed by atoms with Crippen molar-refractivity contribution in [2.24, 2.45) is 0 Å². The van der Waals surface area contributed by atoms with E-state index in [1.54, 1.807) is 29.4 Å². The highest BCUT2D eigenvalue weighted by Crippen LogP contribution is 2.25. The van der Waals surface area contributed by atoms with E-state index in [0.717, 1.165) is 50.1 Å². The predicted molar refractivity (Wildman–Crippen MR) is 139 cm³/mol. The lowest BCUT2D eigenvalue weighted by atomic mass is 9.87. The summed E-state index contributed by atoms with van der Waals surface area (Å²) in [6.45, 7) is 9.30. The molecule has 4 rings (SSSR count). The summed E-state index contributed by atoms with van der Waals surface area (Å²) in [6, 6.07) is 11.1. The molecule has 0 saturated carbocycles. The van der Waals surface area contributed by atoms with E-state index in [9.17, 15) is 13.2 Å². The number of hydrogen-bond acceptors (Lipinski definition) is 6. The van der Waals surface area contributed by atoms with E-state index in [2.05, 4.69) is 35.4 Å². The molecule has 1 amide bonds. The van der Waals surface area contributed by atoms with Crippen LogP contribution in [0.5, 0.6) is 5.75 Å². The summed E-state index contributed by atoms with van der Waals surface area (Å²) < 4.78 is 33.9. The number of amides is 1. The Morgan fingerprint density at radius 1 is 0.972 bits per heavy atom. The normalized spacial score (nSPS) is 18.8. The zero-order chi connectivity index (χ0) is 25.8. The van der Waals surface area contributed by atoms with Gasteiger partial charge in [0.25, 0.3) is 0 Å². The van der Waals surface area contributed by atoms with E-state index in [1.807, 2.05) is 24.3 Å². The van der Waals surface area contributed by atoms with Gasteiger partial charge in [0.2, 0.25) is 15.9 Å². The Morgan fingerprint density at radius 3 is 2.17 bits per heavy atom. The van der Waals surface area contributed by atoms with Gasteiger partial charge in [0.15, 0.2) is 0 Å². The molecule has 0 spiro atoms. The lowest BCUT2D eigenvalue weighted by Gasteiger charge is -2.41. The summed E-state index contributed by atoms with van der Waals surface area (Å²) in [5, 5.41) is 0. The molecule has 0 radical (unpaired) electrons. The van der Waals surface area contributed by atoms with Crippen molar-refractivity contribution in [1.82, 2.24) is 19.5 Å². The molecule has 0 aliphatic carbocycles. The average molecular weight is 515 g/mol. The van der Waals surface area contributed by atoms with Crippen molar-refractivity contribution in [2.75, 3.05) is 32.7 Å².